The largest absolute Gasteiger partial charge is 0.355 e. The number of rotatable bonds is 9. The number of benzene rings is 3. The molecule has 42 heavy (non-hydrogen) atoms. The van der Waals surface area contributed by atoms with E-state index in [9.17, 15) is 28.0 Å². The number of carbonyl (C=O) groups is 3. The fraction of sp³-hybridized carbons (Fsp3) is 0.188. The first-order chi connectivity index (χ1) is 20.0. The molecule has 0 aliphatic carbocycles. The summed E-state index contributed by atoms with van der Waals surface area (Å²) in [4.78, 5) is 51.9. The highest BCUT2D eigenvalue weighted by Gasteiger charge is 2.20. The minimum absolute atomic E-state index is 0.00461. The Kier molecular flexibility index (Phi) is 9.07. The van der Waals surface area contributed by atoms with Gasteiger partial charge >= 0.3 is 0 Å². The number of nitrogens with zero attached hydrogens (tertiary/aromatic N) is 1. The number of likely N-dealkylation sites (N-methyl/N-ethyl adjacent to an activating group) is 1. The van der Waals surface area contributed by atoms with Gasteiger partial charge < -0.3 is 20.5 Å². The quantitative estimate of drug-likeness (QED) is 0.260. The van der Waals surface area contributed by atoms with Crippen molar-refractivity contribution in [1.82, 2.24) is 15.2 Å². The molecule has 1 aromatic heterocycles. The zero-order valence-electron chi connectivity index (χ0n) is 23.5. The molecule has 0 fully saturated rings. The lowest BCUT2D eigenvalue weighted by Crippen LogP contribution is -2.37. The summed E-state index contributed by atoms with van der Waals surface area (Å²) in [5.41, 5.74) is 1.95. The number of ketones is 1. The minimum Gasteiger partial charge on any atom is -0.355 e. The summed E-state index contributed by atoms with van der Waals surface area (Å²) in [5, 5.41) is 8.04. The van der Waals surface area contributed by atoms with Gasteiger partial charge in [-0.2, -0.15) is 0 Å². The third-order valence-electron chi connectivity index (χ3n) is 7.01. The molecule has 4 rings (SSSR count). The van der Waals surface area contributed by atoms with Gasteiger partial charge in [0.25, 0.3) is 11.5 Å². The van der Waals surface area contributed by atoms with Crippen LogP contribution in [0.3, 0.4) is 0 Å². The van der Waals surface area contributed by atoms with E-state index in [0.717, 1.165) is 18.2 Å². The van der Waals surface area contributed by atoms with Gasteiger partial charge in [0.15, 0.2) is 5.78 Å². The van der Waals surface area contributed by atoms with Crippen LogP contribution in [0.1, 0.15) is 44.3 Å². The first kappa shape index (κ1) is 30.0. The van der Waals surface area contributed by atoms with Gasteiger partial charge in [-0.1, -0.05) is 12.1 Å². The fourth-order valence-electron chi connectivity index (χ4n) is 4.55. The van der Waals surface area contributed by atoms with E-state index in [4.69, 9.17) is 0 Å². The first-order valence-electron chi connectivity index (χ1n) is 13.2. The zero-order valence-corrected chi connectivity index (χ0v) is 23.5. The van der Waals surface area contributed by atoms with E-state index < -0.39 is 34.9 Å². The van der Waals surface area contributed by atoms with Crippen LogP contribution >= 0.6 is 0 Å². The molecular formula is C32H30F2N4O4. The maximum Gasteiger partial charge on any atom is 0.275 e. The smallest absolute Gasteiger partial charge is 0.275 e. The Labute approximate surface area is 241 Å². The Morgan fingerprint density at radius 2 is 1.60 bits per heavy atom. The summed E-state index contributed by atoms with van der Waals surface area (Å²) in [5.74, 6) is -2.45. The molecule has 3 aromatic carbocycles. The number of pyridine rings is 1. The number of carbonyl (C=O) groups excluding carboxylic acids is 3. The topological polar surface area (TPSA) is 109 Å². The van der Waals surface area contributed by atoms with Crippen LogP contribution in [0.15, 0.2) is 77.6 Å². The van der Waals surface area contributed by atoms with Crippen LogP contribution in [-0.2, 0) is 11.3 Å². The molecule has 0 aliphatic rings. The average molecular weight is 573 g/mol. The van der Waals surface area contributed by atoms with Gasteiger partial charge in [-0.05, 0) is 92.7 Å². The second kappa shape index (κ2) is 12.7. The van der Waals surface area contributed by atoms with Gasteiger partial charge in [0, 0.05) is 29.3 Å². The van der Waals surface area contributed by atoms with Crippen molar-refractivity contribution in [1.29, 1.82) is 0 Å². The maximum atomic E-state index is 14.8. The van der Waals surface area contributed by atoms with E-state index in [1.54, 1.807) is 45.2 Å². The Bertz CT molecular complexity index is 1730. The Balaban J connectivity index is 1.85. The molecule has 0 radical (unpaired) electrons. The first-order valence-corrected chi connectivity index (χ1v) is 13.2. The van der Waals surface area contributed by atoms with E-state index in [1.807, 2.05) is 0 Å². The summed E-state index contributed by atoms with van der Waals surface area (Å²) in [6.07, 6.45) is 0. The number of halogens is 2. The summed E-state index contributed by atoms with van der Waals surface area (Å²) in [6.45, 7) is 3.23. The predicted molar refractivity (Wildman–Crippen MR) is 157 cm³/mol. The van der Waals surface area contributed by atoms with Gasteiger partial charge in [-0.25, -0.2) is 8.78 Å². The van der Waals surface area contributed by atoms with Crippen molar-refractivity contribution in [2.75, 3.05) is 19.4 Å². The third-order valence-corrected chi connectivity index (χ3v) is 7.01. The van der Waals surface area contributed by atoms with E-state index in [1.165, 1.54) is 41.9 Å². The number of anilines is 1. The SMILES string of the molecule is CNC(=O)c1cccc(-c2ccc(NC(=O)[C@H](C)NC)c(=O)n2Cc2cc(F)cc(C(=O)c3ccc(F)cc3)c2)c1C. The molecule has 8 nitrogen and oxygen atoms in total. The van der Waals surface area contributed by atoms with Gasteiger partial charge in [-0.3, -0.25) is 19.2 Å². The van der Waals surface area contributed by atoms with Crippen molar-refractivity contribution < 1.29 is 23.2 Å². The number of hydrogen-bond donors (Lipinski definition) is 3. The van der Waals surface area contributed by atoms with Crippen molar-refractivity contribution in [3.05, 3.63) is 123 Å². The zero-order chi connectivity index (χ0) is 30.6. The van der Waals surface area contributed by atoms with Gasteiger partial charge in [-0.15, -0.1) is 0 Å². The summed E-state index contributed by atoms with van der Waals surface area (Å²) in [7, 11) is 3.13. The minimum atomic E-state index is -0.697. The highest BCUT2D eigenvalue weighted by Crippen LogP contribution is 2.27. The van der Waals surface area contributed by atoms with Crippen LogP contribution in [0.2, 0.25) is 0 Å². The van der Waals surface area contributed by atoms with Crippen LogP contribution in [0, 0.1) is 18.6 Å². The number of aromatic nitrogens is 1. The molecule has 3 N–H and O–H groups in total. The fourth-order valence-corrected chi connectivity index (χ4v) is 4.55. The molecule has 1 heterocycles. The van der Waals surface area contributed by atoms with Crippen molar-refractivity contribution in [3.63, 3.8) is 0 Å². The molecule has 216 valence electrons. The summed E-state index contributed by atoms with van der Waals surface area (Å²) in [6, 6.07) is 16.3. The van der Waals surface area contributed by atoms with Crippen LogP contribution in [0.25, 0.3) is 11.3 Å². The molecule has 4 aromatic rings. The Hall–Kier alpha value is -4.96. The lowest BCUT2D eigenvalue weighted by molar-refractivity contribution is -0.117. The van der Waals surface area contributed by atoms with Crippen LogP contribution in [0.5, 0.6) is 0 Å². The van der Waals surface area contributed by atoms with Gasteiger partial charge in [0.2, 0.25) is 5.91 Å². The number of amides is 2. The maximum absolute atomic E-state index is 14.8. The van der Waals surface area contributed by atoms with Gasteiger partial charge in [0.05, 0.1) is 18.3 Å². The second-order valence-electron chi connectivity index (χ2n) is 9.76. The number of hydrogen-bond acceptors (Lipinski definition) is 5. The predicted octanol–water partition coefficient (Wildman–Crippen LogP) is 4.29. The van der Waals surface area contributed by atoms with E-state index in [-0.39, 0.29) is 29.3 Å². The van der Waals surface area contributed by atoms with Crippen LogP contribution < -0.4 is 21.5 Å². The molecule has 1 atom stereocenters. The standard InChI is InChI=1S/C32H30F2N4O4/c1-18-25(6-5-7-26(18)31(41)36-4)28-13-12-27(37-30(40)19(2)35-3)32(42)38(28)17-20-14-22(16-24(34)15-20)29(39)21-8-10-23(33)11-9-21/h5-16,19,35H,17H2,1-4H3,(H,36,41)(H,37,40)/t19-/m0/s1. The van der Waals surface area contributed by atoms with E-state index in [2.05, 4.69) is 16.0 Å². The van der Waals surface area contributed by atoms with E-state index >= 15 is 0 Å². The molecule has 0 spiro atoms. The van der Waals surface area contributed by atoms with Gasteiger partial charge in [0.1, 0.15) is 17.3 Å². The molecule has 10 heteroatoms. The highest BCUT2D eigenvalue weighted by atomic mass is 19.1. The molecular weight excluding hydrogens is 542 g/mol. The molecule has 0 aliphatic heterocycles. The van der Waals surface area contributed by atoms with Crippen molar-refractivity contribution in [2.45, 2.75) is 26.4 Å². The highest BCUT2D eigenvalue weighted by molar-refractivity contribution is 6.09. The lowest BCUT2D eigenvalue weighted by Gasteiger charge is -2.19. The average Bonchev–Trinajstić information content (AvgIpc) is 2.98. The van der Waals surface area contributed by atoms with Crippen molar-refractivity contribution >= 4 is 23.3 Å². The van der Waals surface area contributed by atoms with Crippen LogP contribution in [-0.4, -0.2) is 42.3 Å². The summed E-state index contributed by atoms with van der Waals surface area (Å²) < 4.78 is 29.5. The Morgan fingerprint density at radius 3 is 2.26 bits per heavy atom. The molecule has 0 bridgehead atoms. The monoisotopic (exact) mass is 572 g/mol. The molecule has 2 amide bonds. The van der Waals surface area contributed by atoms with Crippen LogP contribution in [0.4, 0.5) is 14.5 Å². The Morgan fingerprint density at radius 1 is 0.881 bits per heavy atom. The van der Waals surface area contributed by atoms with E-state index in [0.29, 0.717) is 27.9 Å². The lowest BCUT2D eigenvalue weighted by atomic mass is 9.98. The number of nitrogens with one attached hydrogen (secondary N) is 3. The summed E-state index contributed by atoms with van der Waals surface area (Å²) >= 11 is 0. The van der Waals surface area contributed by atoms with Crippen molar-refractivity contribution in [3.8, 4) is 11.3 Å². The second-order valence-corrected chi connectivity index (χ2v) is 9.76. The molecule has 0 unspecified atom stereocenters. The molecule has 0 saturated carbocycles. The normalized spacial score (nSPS) is 11.6. The third kappa shape index (κ3) is 6.34. The van der Waals surface area contributed by atoms with Crippen molar-refractivity contribution in [2.24, 2.45) is 0 Å². The molecule has 0 saturated heterocycles.